The Morgan fingerprint density at radius 3 is 2.48 bits per heavy atom. The summed E-state index contributed by atoms with van der Waals surface area (Å²) in [5, 5.41) is 0.755. The largest absolute Gasteiger partial charge is 0.301 e. The van der Waals surface area contributed by atoms with Crippen LogP contribution in [0.15, 0.2) is 24.3 Å². The van der Waals surface area contributed by atoms with Gasteiger partial charge in [-0.2, -0.15) is 0 Å². The molecule has 0 heterocycles. The summed E-state index contributed by atoms with van der Waals surface area (Å²) in [4.78, 5) is 2.35. The zero-order valence-corrected chi connectivity index (χ0v) is 14.0. The first-order chi connectivity index (χ1) is 9.92. The van der Waals surface area contributed by atoms with Gasteiger partial charge in [0.15, 0.2) is 0 Å². The van der Waals surface area contributed by atoms with Crippen molar-refractivity contribution in [1.82, 2.24) is 9.62 Å². The Balaban J connectivity index is 1.79. The standard InChI is InChI=1S/C15H23ClN2O2S/c1-21(19,20)17-9-11-18(12-14-2-3-14)10-8-13-4-6-15(16)7-5-13/h4-7,14,17H,2-3,8-12H2,1H3. The number of hydrogen-bond acceptors (Lipinski definition) is 3. The second kappa shape index (κ2) is 7.58. The third-order valence-corrected chi connectivity index (χ3v) is 4.62. The van der Waals surface area contributed by atoms with Crippen LogP contribution in [0, 0.1) is 5.92 Å². The molecule has 1 N–H and O–H groups in total. The summed E-state index contributed by atoms with van der Waals surface area (Å²) < 4.78 is 24.8. The molecule has 1 aromatic carbocycles. The van der Waals surface area contributed by atoms with Crippen molar-refractivity contribution in [1.29, 1.82) is 0 Å². The van der Waals surface area contributed by atoms with Gasteiger partial charge in [-0.15, -0.1) is 0 Å². The zero-order valence-electron chi connectivity index (χ0n) is 12.4. The molecule has 2 rings (SSSR count). The fourth-order valence-electron chi connectivity index (χ4n) is 2.29. The Bertz CT molecular complexity index is 541. The Morgan fingerprint density at radius 1 is 1.24 bits per heavy atom. The van der Waals surface area contributed by atoms with Crippen LogP contribution in [0.2, 0.25) is 5.02 Å². The fraction of sp³-hybridized carbons (Fsp3) is 0.600. The fourth-order valence-corrected chi connectivity index (χ4v) is 2.88. The molecule has 118 valence electrons. The molecule has 0 unspecified atom stereocenters. The third kappa shape index (κ3) is 7.27. The average Bonchev–Trinajstić information content (AvgIpc) is 3.20. The van der Waals surface area contributed by atoms with Gasteiger partial charge in [0.25, 0.3) is 0 Å². The number of halogens is 1. The smallest absolute Gasteiger partial charge is 0.208 e. The van der Waals surface area contributed by atoms with Crippen LogP contribution in [0.5, 0.6) is 0 Å². The van der Waals surface area contributed by atoms with Gasteiger partial charge in [0.1, 0.15) is 0 Å². The van der Waals surface area contributed by atoms with Gasteiger partial charge in [0, 0.05) is 31.2 Å². The maximum atomic E-state index is 11.1. The maximum absolute atomic E-state index is 11.1. The van der Waals surface area contributed by atoms with E-state index in [9.17, 15) is 8.42 Å². The van der Waals surface area contributed by atoms with E-state index in [0.717, 1.165) is 37.0 Å². The van der Waals surface area contributed by atoms with Crippen LogP contribution in [0.3, 0.4) is 0 Å². The van der Waals surface area contributed by atoms with Crippen molar-refractivity contribution >= 4 is 21.6 Å². The van der Waals surface area contributed by atoms with Crippen LogP contribution in [-0.4, -0.2) is 45.8 Å². The molecule has 1 aromatic rings. The minimum absolute atomic E-state index is 0.478. The normalized spacial score (nSPS) is 15.6. The summed E-state index contributed by atoms with van der Waals surface area (Å²) >= 11 is 5.89. The van der Waals surface area contributed by atoms with Crippen molar-refractivity contribution < 1.29 is 8.42 Å². The van der Waals surface area contributed by atoms with Gasteiger partial charge in [-0.05, 0) is 42.9 Å². The first kappa shape index (κ1) is 16.7. The van der Waals surface area contributed by atoms with Crippen molar-refractivity contribution in [2.75, 3.05) is 32.4 Å². The van der Waals surface area contributed by atoms with Crippen LogP contribution in [0.25, 0.3) is 0 Å². The van der Waals surface area contributed by atoms with Gasteiger partial charge in [-0.1, -0.05) is 23.7 Å². The highest BCUT2D eigenvalue weighted by Crippen LogP contribution is 2.29. The van der Waals surface area contributed by atoms with Crippen molar-refractivity contribution in [3.63, 3.8) is 0 Å². The van der Waals surface area contributed by atoms with E-state index in [1.807, 2.05) is 24.3 Å². The molecule has 0 radical (unpaired) electrons. The predicted octanol–water partition coefficient (Wildman–Crippen LogP) is 2.14. The van der Waals surface area contributed by atoms with Crippen molar-refractivity contribution in [2.24, 2.45) is 5.92 Å². The quantitative estimate of drug-likeness (QED) is 0.754. The molecule has 4 nitrogen and oxygen atoms in total. The average molecular weight is 331 g/mol. The van der Waals surface area contributed by atoms with E-state index in [1.165, 1.54) is 24.7 Å². The Kier molecular flexibility index (Phi) is 6.05. The lowest BCUT2D eigenvalue weighted by Crippen LogP contribution is -2.36. The minimum atomic E-state index is -3.10. The van der Waals surface area contributed by atoms with E-state index in [1.54, 1.807) is 0 Å². The van der Waals surface area contributed by atoms with Gasteiger partial charge < -0.3 is 4.90 Å². The van der Waals surface area contributed by atoms with Gasteiger partial charge in [0.05, 0.1) is 6.26 Å². The van der Waals surface area contributed by atoms with Gasteiger partial charge in [-0.25, -0.2) is 13.1 Å². The van der Waals surface area contributed by atoms with Crippen molar-refractivity contribution in [3.05, 3.63) is 34.9 Å². The maximum Gasteiger partial charge on any atom is 0.208 e. The zero-order chi connectivity index (χ0) is 15.3. The third-order valence-electron chi connectivity index (χ3n) is 3.64. The summed E-state index contributed by atoms with van der Waals surface area (Å²) in [6.07, 6.45) is 4.77. The Morgan fingerprint density at radius 2 is 1.90 bits per heavy atom. The van der Waals surface area contributed by atoms with E-state index in [0.29, 0.717) is 6.54 Å². The highest BCUT2D eigenvalue weighted by atomic mass is 35.5. The number of rotatable bonds is 9. The number of sulfonamides is 1. The number of nitrogens with zero attached hydrogens (tertiary/aromatic N) is 1. The Hall–Kier alpha value is -0.620. The summed E-state index contributed by atoms with van der Waals surface area (Å²) in [6.45, 7) is 3.26. The molecule has 0 aliphatic heterocycles. The summed E-state index contributed by atoms with van der Waals surface area (Å²) in [6, 6.07) is 7.92. The molecule has 1 aliphatic carbocycles. The van der Waals surface area contributed by atoms with Crippen LogP contribution in [0.4, 0.5) is 0 Å². The number of hydrogen-bond donors (Lipinski definition) is 1. The molecule has 0 bridgehead atoms. The topological polar surface area (TPSA) is 49.4 Å². The van der Waals surface area contributed by atoms with Gasteiger partial charge in [0.2, 0.25) is 10.0 Å². The van der Waals surface area contributed by atoms with Crippen LogP contribution < -0.4 is 4.72 Å². The number of benzene rings is 1. The SMILES string of the molecule is CS(=O)(=O)NCCN(CCc1ccc(Cl)cc1)CC1CC1. The van der Waals surface area contributed by atoms with Gasteiger partial charge >= 0.3 is 0 Å². The molecule has 0 spiro atoms. The summed E-state index contributed by atoms with van der Waals surface area (Å²) in [5.41, 5.74) is 1.26. The van der Waals surface area contributed by atoms with E-state index in [-0.39, 0.29) is 0 Å². The molecule has 0 aromatic heterocycles. The molecule has 1 aliphatic rings. The second-order valence-electron chi connectivity index (χ2n) is 5.79. The van der Waals surface area contributed by atoms with Gasteiger partial charge in [-0.3, -0.25) is 0 Å². The van der Waals surface area contributed by atoms with Crippen LogP contribution in [0.1, 0.15) is 18.4 Å². The second-order valence-corrected chi connectivity index (χ2v) is 8.06. The molecule has 21 heavy (non-hydrogen) atoms. The lowest BCUT2D eigenvalue weighted by atomic mass is 10.1. The van der Waals surface area contributed by atoms with Crippen molar-refractivity contribution in [3.8, 4) is 0 Å². The van der Waals surface area contributed by atoms with Crippen molar-refractivity contribution in [2.45, 2.75) is 19.3 Å². The molecule has 0 amide bonds. The van der Waals surface area contributed by atoms with E-state index in [2.05, 4.69) is 9.62 Å². The molecule has 1 saturated carbocycles. The Labute approximate surface area is 132 Å². The lowest BCUT2D eigenvalue weighted by molar-refractivity contribution is 0.270. The van der Waals surface area contributed by atoms with E-state index >= 15 is 0 Å². The number of nitrogens with one attached hydrogen (secondary N) is 1. The molecule has 1 fully saturated rings. The molecular weight excluding hydrogens is 308 g/mol. The van der Waals surface area contributed by atoms with Crippen LogP contribution >= 0.6 is 11.6 Å². The summed E-state index contributed by atoms with van der Waals surface area (Å²) in [7, 11) is -3.10. The summed E-state index contributed by atoms with van der Waals surface area (Å²) in [5.74, 6) is 0.799. The highest BCUT2D eigenvalue weighted by molar-refractivity contribution is 7.88. The monoisotopic (exact) mass is 330 g/mol. The van der Waals surface area contributed by atoms with E-state index in [4.69, 9.17) is 11.6 Å². The first-order valence-electron chi connectivity index (χ1n) is 7.34. The minimum Gasteiger partial charge on any atom is -0.301 e. The van der Waals surface area contributed by atoms with E-state index < -0.39 is 10.0 Å². The van der Waals surface area contributed by atoms with Crippen LogP contribution in [-0.2, 0) is 16.4 Å². The predicted molar refractivity (Wildman–Crippen MR) is 87.2 cm³/mol. The molecule has 0 atom stereocenters. The molecule has 6 heteroatoms. The highest BCUT2D eigenvalue weighted by Gasteiger charge is 2.24. The first-order valence-corrected chi connectivity index (χ1v) is 9.61. The molecular formula is C15H23ClN2O2S. The lowest BCUT2D eigenvalue weighted by Gasteiger charge is -2.22. The molecule has 0 saturated heterocycles.